The summed E-state index contributed by atoms with van der Waals surface area (Å²) >= 11 is 0. The summed E-state index contributed by atoms with van der Waals surface area (Å²) < 4.78 is 167. The van der Waals surface area contributed by atoms with Crippen LogP contribution in [0.25, 0.3) is 0 Å². The molecule has 200 valence electrons. The fraction of sp³-hybridized carbons (Fsp3) is 0.217. The summed E-state index contributed by atoms with van der Waals surface area (Å²) in [6.45, 7) is 0. The highest BCUT2D eigenvalue weighted by Gasteiger charge is 2.40. The van der Waals surface area contributed by atoms with Crippen LogP contribution in [0.3, 0.4) is 0 Å². The maximum Gasteiger partial charge on any atom is 0.416 e. The second-order valence-electron chi connectivity index (χ2n) is 7.54. The third-order valence-electron chi connectivity index (χ3n) is 4.99. The molecule has 0 amide bonds. The van der Waals surface area contributed by atoms with Crippen molar-refractivity contribution in [2.24, 2.45) is 0 Å². The lowest BCUT2D eigenvalue weighted by molar-refractivity contribution is -0.144. The number of benzene rings is 3. The molecular weight excluding hydrogens is 551 g/mol. The van der Waals surface area contributed by atoms with E-state index in [0.717, 1.165) is 13.2 Å². The summed E-state index contributed by atoms with van der Waals surface area (Å²) in [5, 5.41) is -1.76. The number of para-hydroxylation sites is 1. The van der Waals surface area contributed by atoms with E-state index in [0.29, 0.717) is 0 Å². The molecule has 0 radical (unpaired) electrons. The fourth-order valence-electron chi connectivity index (χ4n) is 3.38. The molecule has 1 nitrogen and oxygen atoms in total. The standard InChI is InChI=1S/C23H13F12OP/c1-36-18-4-2-3-5-19(18)37(16-8-12(20(24,25)26)6-13(9-16)21(27,28)29)17-10-14(22(30,31)32)7-15(11-17)23(33,34)35/h2-11H,1H3. The Morgan fingerprint density at radius 3 is 1.14 bits per heavy atom. The van der Waals surface area contributed by atoms with Gasteiger partial charge in [0.05, 0.1) is 29.4 Å². The van der Waals surface area contributed by atoms with Crippen LogP contribution >= 0.6 is 7.92 Å². The quantitative estimate of drug-likeness (QED) is 0.235. The summed E-state index contributed by atoms with van der Waals surface area (Å²) in [6.07, 6.45) is -21.2. The molecule has 0 unspecified atom stereocenters. The highest BCUT2D eigenvalue weighted by molar-refractivity contribution is 7.80. The van der Waals surface area contributed by atoms with Crippen LogP contribution in [-0.4, -0.2) is 7.11 Å². The number of hydrogen-bond donors (Lipinski definition) is 0. The van der Waals surface area contributed by atoms with Gasteiger partial charge in [-0.3, -0.25) is 0 Å². The molecule has 0 aromatic heterocycles. The van der Waals surface area contributed by atoms with Gasteiger partial charge in [0.15, 0.2) is 0 Å². The Kier molecular flexibility index (Phi) is 7.53. The van der Waals surface area contributed by atoms with E-state index in [1.165, 1.54) is 18.2 Å². The van der Waals surface area contributed by atoms with Crippen LogP contribution in [0, 0.1) is 0 Å². The van der Waals surface area contributed by atoms with Crippen molar-refractivity contribution in [3.8, 4) is 5.75 Å². The molecule has 0 N–H and O–H groups in total. The van der Waals surface area contributed by atoms with E-state index < -0.39 is 65.5 Å². The Labute approximate surface area is 202 Å². The Hall–Kier alpha value is -2.95. The van der Waals surface area contributed by atoms with Gasteiger partial charge in [0.2, 0.25) is 0 Å². The van der Waals surface area contributed by atoms with Gasteiger partial charge < -0.3 is 4.74 Å². The van der Waals surface area contributed by atoms with Crippen molar-refractivity contribution in [2.45, 2.75) is 24.7 Å². The minimum atomic E-state index is -5.30. The molecule has 0 aliphatic rings. The number of ether oxygens (including phenoxy) is 1. The summed E-state index contributed by atoms with van der Waals surface area (Å²) in [7, 11) is -1.77. The van der Waals surface area contributed by atoms with Gasteiger partial charge >= 0.3 is 24.7 Å². The van der Waals surface area contributed by atoms with Crippen LogP contribution in [0.2, 0.25) is 0 Å². The van der Waals surface area contributed by atoms with E-state index in [1.807, 2.05) is 0 Å². The Morgan fingerprint density at radius 1 is 0.514 bits per heavy atom. The monoisotopic (exact) mass is 564 g/mol. The summed E-state index contributed by atoms with van der Waals surface area (Å²) in [4.78, 5) is 0. The van der Waals surface area contributed by atoms with E-state index in [4.69, 9.17) is 4.74 Å². The van der Waals surface area contributed by atoms with Crippen molar-refractivity contribution in [1.82, 2.24) is 0 Å². The van der Waals surface area contributed by atoms with E-state index >= 15 is 0 Å². The first kappa shape index (κ1) is 28.6. The largest absolute Gasteiger partial charge is 0.496 e. The molecular formula is C23H13F12OP. The third kappa shape index (κ3) is 6.49. The smallest absolute Gasteiger partial charge is 0.416 e. The lowest BCUT2D eigenvalue weighted by atomic mass is 10.1. The van der Waals surface area contributed by atoms with Gasteiger partial charge in [-0.1, -0.05) is 18.2 Å². The highest BCUT2D eigenvalue weighted by Crippen LogP contribution is 2.44. The predicted molar refractivity (Wildman–Crippen MR) is 112 cm³/mol. The second kappa shape index (κ2) is 9.74. The molecule has 0 atom stereocenters. The van der Waals surface area contributed by atoms with E-state index in [2.05, 4.69) is 0 Å². The number of halogens is 12. The molecule has 3 aromatic carbocycles. The fourth-order valence-corrected chi connectivity index (χ4v) is 5.93. The second-order valence-corrected chi connectivity index (χ2v) is 9.72. The predicted octanol–water partition coefficient (Wildman–Crippen LogP) is 7.53. The maximum atomic E-state index is 13.5. The summed E-state index contributed by atoms with van der Waals surface area (Å²) in [5.74, 6) is -0.162. The minimum absolute atomic E-state index is 0.162. The number of alkyl halides is 12. The van der Waals surface area contributed by atoms with Crippen LogP contribution in [-0.2, 0) is 24.7 Å². The van der Waals surface area contributed by atoms with E-state index in [1.54, 1.807) is 0 Å². The molecule has 0 aliphatic carbocycles. The summed E-state index contributed by atoms with van der Waals surface area (Å²) in [6, 6.07) is 5.73. The molecule has 0 spiro atoms. The third-order valence-corrected chi connectivity index (χ3v) is 7.39. The van der Waals surface area contributed by atoms with E-state index in [-0.39, 0.29) is 47.5 Å². The van der Waals surface area contributed by atoms with Gasteiger partial charge in [-0.25, -0.2) is 0 Å². The van der Waals surface area contributed by atoms with Gasteiger partial charge in [-0.05, 0) is 61.0 Å². The molecule has 14 heteroatoms. The van der Waals surface area contributed by atoms with Crippen LogP contribution in [0.5, 0.6) is 5.75 Å². The van der Waals surface area contributed by atoms with Crippen LogP contribution in [0.4, 0.5) is 52.7 Å². The molecule has 3 aromatic rings. The van der Waals surface area contributed by atoms with Crippen molar-refractivity contribution >= 4 is 23.8 Å². The zero-order chi connectivity index (χ0) is 28.0. The SMILES string of the molecule is COc1ccccc1P(c1cc(C(F)(F)F)cc(C(F)(F)F)c1)c1cc(C(F)(F)F)cc(C(F)(F)F)c1. The van der Waals surface area contributed by atoms with E-state index in [9.17, 15) is 52.7 Å². The first-order valence-corrected chi connectivity index (χ1v) is 11.2. The maximum absolute atomic E-state index is 13.5. The molecule has 0 saturated heterocycles. The number of hydrogen-bond acceptors (Lipinski definition) is 1. The van der Waals surface area contributed by atoms with Crippen LogP contribution < -0.4 is 20.7 Å². The van der Waals surface area contributed by atoms with Gasteiger partial charge in [0, 0.05) is 5.30 Å². The van der Waals surface area contributed by atoms with Crippen LogP contribution in [0.15, 0.2) is 60.7 Å². The zero-order valence-electron chi connectivity index (χ0n) is 18.2. The Balaban J connectivity index is 2.47. The molecule has 0 saturated carbocycles. The van der Waals surface area contributed by atoms with Crippen molar-refractivity contribution in [1.29, 1.82) is 0 Å². The number of methoxy groups -OCH3 is 1. The Bertz CT molecular complexity index is 1130. The summed E-state index contributed by atoms with van der Waals surface area (Å²) in [5.41, 5.74) is -7.10. The molecule has 0 bridgehead atoms. The van der Waals surface area contributed by atoms with Crippen molar-refractivity contribution in [2.75, 3.05) is 7.11 Å². The average molecular weight is 564 g/mol. The molecule has 0 aliphatic heterocycles. The highest BCUT2D eigenvalue weighted by atomic mass is 31.1. The first-order chi connectivity index (χ1) is 16.8. The van der Waals surface area contributed by atoms with Gasteiger partial charge in [-0.15, -0.1) is 0 Å². The van der Waals surface area contributed by atoms with Gasteiger partial charge in [0.25, 0.3) is 0 Å². The molecule has 3 rings (SSSR count). The van der Waals surface area contributed by atoms with Gasteiger partial charge in [0.1, 0.15) is 5.75 Å². The zero-order valence-corrected chi connectivity index (χ0v) is 19.1. The topological polar surface area (TPSA) is 9.23 Å². The minimum Gasteiger partial charge on any atom is -0.496 e. The Morgan fingerprint density at radius 2 is 0.838 bits per heavy atom. The lowest BCUT2D eigenvalue weighted by Crippen LogP contribution is -2.27. The van der Waals surface area contributed by atoms with Crippen molar-refractivity contribution < 1.29 is 57.4 Å². The molecule has 0 fully saturated rings. The first-order valence-electron chi connectivity index (χ1n) is 9.84. The molecule has 37 heavy (non-hydrogen) atoms. The average Bonchev–Trinajstić information content (AvgIpc) is 2.77. The lowest BCUT2D eigenvalue weighted by Gasteiger charge is -2.25. The molecule has 0 heterocycles. The van der Waals surface area contributed by atoms with Crippen molar-refractivity contribution in [3.63, 3.8) is 0 Å². The normalized spacial score (nSPS) is 13.2. The number of rotatable bonds is 4. The van der Waals surface area contributed by atoms with Crippen LogP contribution in [0.1, 0.15) is 22.3 Å². The van der Waals surface area contributed by atoms with Gasteiger partial charge in [-0.2, -0.15) is 52.7 Å². The van der Waals surface area contributed by atoms with Crippen molar-refractivity contribution in [3.05, 3.63) is 82.9 Å².